The molecule has 0 fully saturated rings. The van der Waals surface area contributed by atoms with Gasteiger partial charge in [-0.05, 0) is 76.5 Å². The van der Waals surface area contributed by atoms with Crippen molar-refractivity contribution in [1.29, 1.82) is 0 Å². The average molecular weight is 796 g/mol. The van der Waals surface area contributed by atoms with Crippen LogP contribution in [0.3, 0.4) is 0 Å². The molecule has 304 valence electrons. The van der Waals surface area contributed by atoms with Gasteiger partial charge >= 0.3 is 17.1 Å². The van der Waals surface area contributed by atoms with Crippen molar-refractivity contribution >= 4 is 31.7 Å². The minimum atomic E-state index is -6.72. The fourth-order valence-corrected chi connectivity index (χ4v) is 7.08. The van der Waals surface area contributed by atoms with Crippen LogP contribution >= 0.6 is 0 Å². The molecule has 0 unspecified atom stereocenters. The highest BCUT2D eigenvalue weighted by molar-refractivity contribution is 8.13. The Morgan fingerprint density at radius 1 is 0.750 bits per heavy atom. The monoisotopic (exact) mass is 795 g/mol. The van der Waals surface area contributed by atoms with Gasteiger partial charge < -0.3 is 18.7 Å². The van der Waals surface area contributed by atoms with Gasteiger partial charge in [0.05, 0.1) is 25.2 Å². The van der Waals surface area contributed by atoms with Gasteiger partial charge in [0.1, 0.15) is 13.2 Å². The number of carbonyl (C=O) groups excluding carboxylic acids is 1. The van der Waals surface area contributed by atoms with Crippen LogP contribution in [0.15, 0.2) is 30.8 Å². The summed E-state index contributed by atoms with van der Waals surface area (Å²) in [7, 11) is -13.4. The van der Waals surface area contributed by atoms with Crippen LogP contribution in [0.25, 0.3) is 9.70 Å². The van der Waals surface area contributed by atoms with Crippen molar-refractivity contribution in [2.24, 2.45) is 0 Å². The summed E-state index contributed by atoms with van der Waals surface area (Å²) in [5.74, 6) is 0. The van der Waals surface area contributed by atoms with Gasteiger partial charge in [-0.25, -0.2) is 21.6 Å². The van der Waals surface area contributed by atoms with Crippen molar-refractivity contribution in [1.82, 2.24) is 5.32 Å². The van der Waals surface area contributed by atoms with Crippen molar-refractivity contribution in [2.75, 3.05) is 32.8 Å². The molecule has 1 aromatic carbocycles. The van der Waals surface area contributed by atoms with Crippen LogP contribution in [0.1, 0.15) is 130 Å². The molecule has 0 aliphatic rings. The summed E-state index contributed by atoms with van der Waals surface area (Å²) >= 11 is 0. The number of hydrogen-bond acceptors (Lipinski definition) is 6. The lowest BCUT2D eigenvalue weighted by Gasteiger charge is -2.39. The molecule has 1 N–H and O–H groups in total. The summed E-state index contributed by atoms with van der Waals surface area (Å²) in [6.07, 6.45) is 15.1. The molecule has 0 aromatic heterocycles. The van der Waals surface area contributed by atoms with Crippen LogP contribution in [0.5, 0.6) is 0 Å². The van der Waals surface area contributed by atoms with E-state index in [9.17, 15) is 48.0 Å². The summed E-state index contributed by atoms with van der Waals surface area (Å²) in [5, 5.41) is 3.11. The molecule has 1 aromatic rings. The zero-order valence-corrected chi connectivity index (χ0v) is 33.1. The quantitative estimate of drug-likeness (QED) is 0.0669. The minimum Gasteiger partial charge on any atom is -0.444 e. The number of hydrogen-bond donors (Lipinski definition) is 1. The Labute approximate surface area is 307 Å². The first-order chi connectivity index (χ1) is 23.9. The molecule has 9 nitrogen and oxygen atoms in total. The molecular formula is C35H59F6N3O6S2. The fraction of sp³-hybridized carbons (Fsp3) is 0.743. The van der Waals surface area contributed by atoms with E-state index >= 15 is 0 Å². The van der Waals surface area contributed by atoms with Crippen molar-refractivity contribution < 1.29 is 57.2 Å². The number of carbonyl (C=O) groups is 1. The third kappa shape index (κ3) is 18.6. The molecule has 1 rings (SSSR count). The van der Waals surface area contributed by atoms with E-state index in [2.05, 4.69) is 50.9 Å². The van der Waals surface area contributed by atoms with E-state index < -0.39 is 36.6 Å². The average Bonchev–Trinajstić information content (AvgIpc) is 3.02. The lowest BCUT2D eigenvalue weighted by Crippen LogP contribution is -2.52. The van der Waals surface area contributed by atoms with Crippen molar-refractivity contribution in [3.63, 3.8) is 0 Å². The topological polar surface area (TPSA) is 121 Å². The fourth-order valence-electron chi connectivity index (χ4n) is 5.38. The zero-order chi connectivity index (χ0) is 40.3. The van der Waals surface area contributed by atoms with E-state index in [1.165, 1.54) is 96.7 Å². The van der Waals surface area contributed by atoms with Gasteiger partial charge in [0.25, 0.3) is 0 Å². The van der Waals surface area contributed by atoms with Gasteiger partial charge in [0.15, 0.2) is 20.0 Å². The van der Waals surface area contributed by atoms with Gasteiger partial charge in [-0.2, -0.15) is 26.3 Å². The maximum atomic E-state index is 12.9. The number of halogens is 6. The van der Waals surface area contributed by atoms with Crippen LogP contribution < -0.4 is 5.32 Å². The molecule has 0 aliphatic heterocycles. The smallest absolute Gasteiger partial charge is 0.444 e. The third-order valence-corrected chi connectivity index (χ3v) is 11.3. The highest BCUT2D eigenvalue weighted by Gasteiger charge is 2.47. The Morgan fingerprint density at radius 3 is 1.54 bits per heavy atom. The van der Waals surface area contributed by atoms with Gasteiger partial charge in [-0.3, -0.25) is 0 Å². The molecule has 0 aliphatic carbocycles. The normalized spacial score (nSPS) is 12.9. The minimum absolute atomic E-state index is 0.327. The molecule has 0 saturated heterocycles. The molecule has 0 radical (unpaired) electrons. The highest BCUT2D eigenvalue weighted by atomic mass is 32.3. The summed E-state index contributed by atoms with van der Waals surface area (Å²) in [4.78, 5) is 12.9. The van der Waals surface area contributed by atoms with Crippen molar-refractivity contribution in [3.8, 4) is 0 Å². The van der Waals surface area contributed by atoms with Gasteiger partial charge in [-0.1, -0.05) is 89.6 Å². The Kier molecular flexibility index (Phi) is 21.7. The summed E-state index contributed by atoms with van der Waals surface area (Å²) in [6, 6.07) is 8.24. The number of ether oxygens (including phenoxy) is 1. The lowest BCUT2D eigenvalue weighted by molar-refractivity contribution is -0.929. The maximum absolute atomic E-state index is 12.9. The second-order valence-corrected chi connectivity index (χ2v) is 17.0. The molecule has 1 amide bonds. The number of sulfonamides is 2. The molecule has 0 atom stereocenters. The third-order valence-electron chi connectivity index (χ3n) is 8.53. The summed E-state index contributed by atoms with van der Waals surface area (Å²) in [5.41, 5.74) is -9.76. The van der Waals surface area contributed by atoms with Crippen LogP contribution in [0.4, 0.5) is 31.1 Å². The molecule has 17 heteroatoms. The highest BCUT2D eigenvalue weighted by Crippen LogP contribution is 2.36. The van der Waals surface area contributed by atoms with Crippen molar-refractivity contribution in [2.45, 2.75) is 135 Å². The van der Waals surface area contributed by atoms with E-state index in [1.807, 2.05) is 26.8 Å². The number of rotatable bonds is 23. The molecule has 0 saturated carbocycles. The largest absolute Gasteiger partial charge is 0.480 e. The number of nitrogens with one attached hydrogen (secondary N) is 1. The Hall–Kier alpha value is -2.37. The second-order valence-electron chi connectivity index (χ2n) is 13.6. The standard InChI is InChI=1S/C33H58N2O2.C2F6NO4S2/c1-8-11-14-17-23-35(24-18-15-12-9-2,25-19-16-13-10-3)26-27-37-32(36)34-33(6,7)31-22-20-21-30(28-31)29(4)5;3-1(4,5)14(10,11)9-15(12,13)2(6,7)8/h20-22,28H,4,8-19,23-27H2,1-3,5-7H3;/q;-1/p+1. The molecule has 0 heterocycles. The Morgan fingerprint density at radius 2 is 1.17 bits per heavy atom. The zero-order valence-electron chi connectivity index (χ0n) is 31.5. The number of nitrogens with zero attached hydrogens (tertiary/aromatic N) is 2. The van der Waals surface area contributed by atoms with E-state index in [0.29, 0.717) is 6.61 Å². The van der Waals surface area contributed by atoms with E-state index in [0.717, 1.165) is 31.9 Å². The Balaban J connectivity index is 0.00000145. The predicted molar refractivity (Wildman–Crippen MR) is 194 cm³/mol. The Bertz CT molecular complexity index is 1360. The van der Waals surface area contributed by atoms with Crippen LogP contribution in [0, 0.1) is 0 Å². The van der Waals surface area contributed by atoms with Gasteiger partial charge in [0, 0.05) is 0 Å². The number of alkyl carbamates (subject to hydrolysis) is 1. The lowest BCUT2D eigenvalue weighted by atomic mass is 9.92. The number of unbranched alkanes of at least 4 members (excludes halogenated alkanes) is 9. The molecular weight excluding hydrogens is 737 g/mol. The van der Waals surface area contributed by atoms with Gasteiger partial charge in [-0.15, -0.1) is 0 Å². The first-order valence-corrected chi connectivity index (χ1v) is 20.7. The van der Waals surface area contributed by atoms with E-state index in [-0.39, 0.29) is 6.09 Å². The second kappa shape index (κ2) is 22.8. The summed E-state index contributed by atoms with van der Waals surface area (Å²) in [6.45, 7) is 22.0. The summed E-state index contributed by atoms with van der Waals surface area (Å²) < 4.78 is 116. The molecule has 0 bridgehead atoms. The SMILES string of the molecule is C=C(C)c1cccc(C(C)(C)NC(=O)OCC[N+](CCCCCC)(CCCCCC)CCCCCC)c1.O=S(=O)([N-]S(=O)(=O)C(F)(F)F)C(F)(F)F. The first kappa shape index (κ1) is 49.6. The van der Waals surface area contributed by atoms with E-state index in [4.69, 9.17) is 4.74 Å². The van der Waals surface area contributed by atoms with Gasteiger partial charge in [0.2, 0.25) is 0 Å². The van der Waals surface area contributed by atoms with Crippen LogP contribution in [-0.2, 0) is 30.3 Å². The molecule has 52 heavy (non-hydrogen) atoms. The number of quaternary nitrogens is 1. The number of benzene rings is 1. The van der Waals surface area contributed by atoms with Crippen LogP contribution in [0.2, 0.25) is 0 Å². The molecule has 0 spiro atoms. The van der Waals surface area contributed by atoms with Crippen LogP contribution in [-0.4, -0.2) is 71.2 Å². The first-order valence-electron chi connectivity index (χ1n) is 17.8. The number of allylic oxidation sites excluding steroid dienone is 1. The number of alkyl halides is 6. The maximum Gasteiger partial charge on any atom is 0.480 e. The number of amides is 1. The van der Waals surface area contributed by atoms with Crippen molar-refractivity contribution in [3.05, 3.63) is 46.1 Å². The predicted octanol–water partition coefficient (Wildman–Crippen LogP) is 10.3. The van der Waals surface area contributed by atoms with E-state index in [1.54, 1.807) is 0 Å².